The zero-order valence-electron chi connectivity index (χ0n) is 36.9. The normalized spacial score (nSPS) is 16.9. The van der Waals surface area contributed by atoms with E-state index >= 15 is 0 Å². The molecule has 0 amide bonds. The molecule has 2 saturated heterocycles. The maximum Gasteiger partial charge on any atom is 0.0165 e. The van der Waals surface area contributed by atoms with E-state index in [2.05, 4.69) is 69.5 Å². The summed E-state index contributed by atoms with van der Waals surface area (Å²) in [5.74, 6) is 4.64. The van der Waals surface area contributed by atoms with Gasteiger partial charge in [-0.1, -0.05) is 201 Å². The number of piperidine rings is 2. The van der Waals surface area contributed by atoms with Crippen molar-refractivity contribution in [3.05, 3.63) is 24.3 Å². The molecule has 0 aliphatic carbocycles. The molecule has 0 spiro atoms. The predicted molar refractivity (Wildman–Crippen MR) is 251 cm³/mol. The van der Waals surface area contributed by atoms with Crippen molar-refractivity contribution in [3.8, 4) is 0 Å². The first-order chi connectivity index (χ1) is 26.8. The summed E-state index contributed by atoms with van der Waals surface area (Å²) in [5, 5.41) is 0. The standard InChI is InChI=1S/C50H96N2S2/c1-3-5-7-9-11-13-15-17-19-21-23-25-27-29-31-33-35-49-37-41-51(42-38-49)45-47-53-54-48-46-52-43-39-50(40-44-52)36-34-32-30-28-26-24-22-20-18-16-14-12-10-8-6-4-2/h17-20,49-50H,3-16,21-48H2,1-2H3/b19-17-,20-18-. The van der Waals surface area contributed by atoms with Gasteiger partial charge in [-0.25, -0.2) is 0 Å². The molecule has 4 heteroatoms. The summed E-state index contributed by atoms with van der Waals surface area (Å²) in [4.78, 5) is 5.52. The fourth-order valence-electron chi connectivity index (χ4n) is 8.81. The summed E-state index contributed by atoms with van der Waals surface area (Å²) in [6.07, 6.45) is 58.3. The van der Waals surface area contributed by atoms with Crippen molar-refractivity contribution in [1.29, 1.82) is 0 Å². The highest BCUT2D eigenvalue weighted by Gasteiger charge is 2.20. The predicted octanol–water partition coefficient (Wildman–Crippen LogP) is 16.6. The Kier molecular flexibility index (Phi) is 37.1. The van der Waals surface area contributed by atoms with Crippen molar-refractivity contribution in [1.82, 2.24) is 9.80 Å². The summed E-state index contributed by atoms with van der Waals surface area (Å²) in [7, 11) is 4.28. The topological polar surface area (TPSA) is 6.48 Å². The monoisotopic (exact) mass is 789 g/mol. The van der Waals surface area contributed by atoms with E-state index in [4.69, 9.17) is 0 Å². The molecule has 2 aliphatic heterocycles. The molecule has 2 rings (SSSR count). The summed E-state index contributed by atoms with van der Waals surface area (Å²) < 4.78 is 0. The molecule has 318 valence electrons. The van der Waals surface area contributed by atoms with Gasteiger partial charge in [0.1, 0.15) is 0 Å². The van der Waals surface area contributed by atoms with Crippen molar-refractivity contribution in [3.63, 3.8) is 0 Å². The Labute approximate surface area is 348 Å². The van der Waals surface area contributed by atoms with E-state index in [0.717, 1.165) is 11.8 Å². The Bertz CT molecular complexity index is 732. The lowest BCUT2D eigenvalue weighted by Crippen LogP contribution is -2.35. The minimum Gasteiger partial charge on any atom is -0.302 e. The van der Waals surface area contributed by atoms with Gasteiger partial charge in [0.15, 0.2) is 0 Å². The highest BCUT2D eigenvalue weighted by molar-refractivity contribution is 8.76. The van der Waals surface area contributed by atoms with Gasteiger partial charge < -0.3 is 9.80 Å². The molecule has 0 bridgehead atoms. The van der Waals surface area contributed by atoms with E-state index < -0.39 is 0 Å². The molecule has 0 aromatic carbocycles. The number of likely N-dealkylation sites (tertiary alicyclic amines) is 2. The van der Waals surface area contributed by atoms with Crippen LogP contribution in [-0.4, -0.2) is 60.6 Å². The molecule has 0 atom stereocenters. The number of hydrogen-bond donors (Lipinski definition) is 0. The van der Waals surface area contributed by atoms with E-state index in [-0.39, 0.29) is 0 Å². The molecular weight excluding hydrogens is 693 g/mol. The third-order valence-electron chi connectivity index (χ3n) is 12.7. The lowest BCUT2D eigenvalue weighted by Gasteiger charge is -2.32. The van der Waals surface area contributed by atoms with Crippen LogP contribution in [0, 0.1) is 11.8 Å². The molecule has 0 aromatic heterocycles. The third-order valence-corrected chi connectivity index (χ3v) is 15.1. The highest BCUT2D eigenvalue weighted by atomic mass is 33.1. The zero-order valence-corrected chi connectivity index (χ0v) is 38.5. The Morgan fingerprint density at radius 1 is 0.370 bits per heavy atom. The van der Waals surface area contributed by atoms with Crippen molar-refractivity contribution >= 4 is 21.6 Å². The van der Waals surface area contributed by atoms with E-state index in [1.165, 1.54) is 269 Å². The lowest BCUT2D eigenvalue weighted by molar-refractivity contribution is 0.186. The summed E-state index contributed by atoms with van der Waals surface area (Å²) in [6.45, 7) is 12.6. The molecule has 2 fully saturated rings. The Morgan fingerprint density at radius 3 is 0.963 bits per heavy atom. The first-order valence-corrected chi connectivity index (χ1v) is 27.3. The Morgan fingerprint density at radius 2 is 0.648 bits per heavy atom. The van der Waals surface area contributed by atoms with E-state index in [9.17, 15) is 0 Å². The van der Waals surface area contributed by atoms with Crippen LogP contribution >= 0.6 is 21.6 Å². The second-order valence-electron chi connectivity index (χ2n) is 17.7. The smallest absolute Gasteiger partial charge is 0.0165 e. The second-order valence-corrected chi connectivity index (χ2v) is 20.4. The fourth-order valence-corrected chi connectivity index (χ4v) is 10.9. The minimum absolute atomic E-state index is 1.01. The summed E-state index contributed by atoms with van der Waals surface area (Å²) in [5.41, 5.74) is 0. The van der Waals surface area contributed by atoms with Crippen LogP contribution in [0.3, 0.4) is 0 Å². The van der Waals surface area contributed by atoms with Crippen LogP contribution in [0.5, 0.6) is 0 Å². The van der Waals surface area contributed by atoms with Gasteiger partial charge in [-0.05, 0) is 115 Å². The van der Waals surface area contributed by atoms with Crippen LogP contribution in [0.25, 0.3) is 0 Å². The van der Waals surface area contributed by atoms with Crippen LogP contribution in [0.15, 0.2) is 24.3 Å². The second kappa shape index (κ2) is 39.9. The first kappa shape index (κ1) is 50.2. The SMILES string of the molecule is CCCCCCCC/C=C\CCCCCCCCC1CCN(CCSSCCN2CCC(CCCCCCCC/C=C\CCCCCCCC)CC2)CC1. The fraction of sp³-hybridized carbons (Fsp3) is 0.920. The van der Waals surface area contributed by atoms with Gasteiger partial charge in [-0.15, -0.1) is 0 Å². The van der Waals surface area contributed by atoms with E-state index in [1.54, 1.807) is 0 Å². The molecule has 2 heterocycles. The van der Waals surface area contributed by atoms with Crippen molar-refractivity contribution in [2.75, 3.05) is 50.8 Å². The number of unbranched alkanes of at least 4 members (excludes halogenated alkanes) is 24. The maximum absolute atomic E-state index is 2.76. The summed E-state index contributed by atoms with van der Waals surface area (Å²) in [6, 6.07) is 0. The quantitative estimate of drug-likeness (QED) is 0.0347. The van der Waals surface area contributed by atoms with Gasteiger partial charge >= 0.3 is 0 Å². The molecule has 0 saturated carbocycles. The number of rotatable bonds is 39. The number of nitrogens with zero attached hydrogens (tertiary/aromatic N) is 2. The van der Waals surface area contributed by atoms with Gasteiger partial charge in [-0.3, -0.25) is 0 Å². The minimum atomic E-state index is 1.01. The Balaban J connectivity index is 1.26. The van der Waals surface area contributed by atoms with Crippen molar-refractivity contribution < 1.29 is 0 Å². The van der Waals surface area contributed by atoms with E-state index in [0.29, 0.717) is 0 Å². The van der Waals surface area contributed by atoms with Crippen LogP contribution < -0.4 is 0 Å². The molecular formula is C50H96N2S2. The van der Waals surface area contributed by atoms with Crippen LogP contribution in [0.2, 0.25) is 0 Å². The van der Waals surface area contributed by atoms with Crippen LogP contribution in [0.4, 0.5) is 0 Å². The largest absolute Gasteiger partial charge is 0.302 e. The molecule has 0 aromatic rings. The van der Waals surface area contributed by atoms with Gasteiger partial charge in [0.05, 0.1) is 0 Å². The van der Waals surface area contributed by atoms with Crippen molar-refractivity contribution in [2.24, 2.45) is 11.8 Å². The molecule has 54 heavy (non-hydrogen) atoms. The van der Waals surface area contributed by atoms with Gasteiger partial charge in [0, 0.05) is 24.6 Å². The van der Waals surface area contributed by atoms with Crippen LogP contribution in [0.1, 0.15) is 232 Å². The van der Waals surface area contributed by atoms with Crippen molar-refractivity contribution in [2.45, 2.75) is 232 Å². The molecule has 2 nitrogen and oxygen atoms in total. The number of hydrogen-bond acceptors (Lipinski definition) is 4. The van der Waals surface area contributed by atoms with Gasteiger partial charge in [0.2, 0.25) is 0 Å². The molecule has 0 N–H and O–H groups in total. The number of allylic oxidation sites excluding steroid dienone is 4. The Hall–Kier alpha value is 0.100. The highest BCUT2D eigenvalue weighted by Crippen LogP contribution is 2.27. The zero-order chi connectivity index (χ0) is 38.3. The third kappa shape index (κ3) is 32.1. The van der Waals surface area contributed by atoms with Gasteiger partial charge in [0.25, 0.3) is 0 Å². The van der Waals surface area contributed by atoms with E-state index in [1.807, 2.05) is 0 Å². The maximum atomic E-state index is 2.76. The molecule has 2 aliphatic rings. The molecule has 0 unspecified atom stereocenters. The summed E-state index contributed by atoms with van der Waals surface area (Å²) >= 11 is 0. The van der Waals surface area contributed by atoms with Gasteiger partial charge in [-0.2, -0.15) is 0 Å². The average molecular weight is 789 g/mol. The average Bonchev–Trinajstić information content (AvgIpc) is 3.20. The van der Waals surface area contributed by atoms with Crippen LogP contribution in [-0.2, 0) is 0 Å². The lowest BCUT2D eigenvalue weighted by atomic mass is 9.91. The first-order valence-electron chi connectivity index (χ1n) is 24.8. The molecule has 0 radical (unpaired) electrons.